The topological polar surface area (TPSA) is 43.8 Å². The molecule has 202 valence electrons. The number of benzene rings is 2. The summed E-state index contributed by atoms with van der Waals surface area (Å²) < 4.78 is 0. The van der Waals surface area contributed by atoms with Gasteiger partial charge in [0.15, 0.2) is 0 Å². The first-order valence-corrected chi connectivity index (χ1v) is 14.1. The second-order valence-corrected chi connectivity index (χ2v) is 10.2. The van der Waals surface area contributed by atoms with Gasteiger partial charge in [0.1, 0.15) is 0 Å². The molecule has 1 atom stereocenters. The highest BCUT2D eigenvalue weighted by Gasteiger charge is 2.09. The molecule has 1 N–H and O–H groups in total. The normalized spacial score (nSPS) is 13.5. The number of aliphatic hydroxyl groups excluding tert-OH is 1. The Kier molecular flexibility index (Phi) is 17.7. The van der Waals surface area contributed by atoms with E-state index in [1.54, 1.807) is 4.90 Å². The average Bonchev–Trinajstić information content (AvgIpc) is 3.42. The molecule has 3 rings (SSSR count). The number of amides is 1. The van der Waals surface area contributed by atoms with Crippen LogP contribution < -0.4 is 0 Å². The molecule has 0 aromatic heterocycles. The van der Waals surface area contributed by atoms with Gasteiger partial charge in [-0.25, -0.2) is 0 Å². The Morgan fingerprint density at radius 3 is 2.17 bits per heavy atom. The lowest BCUT2D eigenvalue weighted by atomic mass is 9.96. The molecule has 36 heavy (non-hydrogen) atoms. The number of hydrogen-bond donors (Lipinski definition) is 1. The molecule has 0 aliphatic carbocycles. The van der Waals surface area contributed by atoms with Gasteiger partial charge in [0, 0.05) is 13.1 Å². The van der Waals surface area contributed by atoms with Crippen LogP contribution in [0.5, 0.6) is 0 Å². The molecule has 0 radical (unpaired) electrons. The first-order chi connectivity index (χ1) is 17.4. The predicted molar refractivity (Wildman–Crippen MR) is 154 cm³/mol. The minimum absolute atomic E-state index is 0.353. The van der Waals surface area contributed by atoms with Gasteiger partial charge < -0.3 is 14.9 Å². The first kappa shape index (κ1) is 31.9. The highest BCUT2D eigenvalue weighted by Crippen LogP contribution is 2.22. The molecule has 4 nitrogen and oxygen atoms in total. The summed E-state index contributed by atoms with van der Waals surface area (Å²) in [5.41, 5.74) is 4.98. The van der Waals surface area contributed by atoms with E-state index in [1.165, 1.54) is 55.2 Å². The van der Waals surface area contributed by atoms with E-state index in [1.807, 2.05) is 6.07 Å². The minimum Gasteiger partial charge on any atom is -0.388 e. The summed E-state index contributed by atoms with van der Waals surface area (Å²) in [4.78, 5) is 13.9. The molecule has 0 saturated carbocycles. The third-order valence-electron chi connectivity index (χ3n) is 6.57. The van der Waals surface area contributed by atoms with E-state index in [0.29, 0.717) is 0 Å². The van der Waals surface area contributed by atoms with Gasteiger partial charge in [0.2, 0.25) is 6.41 Å². The molecule has 1 aliphatic heterocycles. The summed E-state index contributed by atoms with van der Waals surface area (Å²) in [5, 5.41) is 10.4. The highest BCUT2D eigenvalue weighted by atomic mass is 16.3. The zero-order valence-electron chi connectivity index (χ0n) is 23.7. The molecular formula is C32H52N2O2. The quantitative estimate of drug-likeness (QED) is 0.250. The predicted octanol–water partition coefficient (Wildman–Crippen LogP) is 7.18. The van der Waals surface area contributed by atoms with Crippen molar-refractivity contribution in [3.05, 3.63) is 70.8 Å². The van der Waals surface area contributed by atoms with Crippen LogP contribution in [0.2, 0.25) is 0 Å². The van der Waals surface area contributed by atoms with E-state index in [0.717, 1.165) is 57.3 Å². The van der Waals surface area contributed by atoms with Crippen molar-refractivity contribution in [3.8, 4) is 0 Å². The second-order valence-electron chi connectivity index (χ2n) is 10.2. The van der Waals surface area contributed by atoms with Crippen molar-refractivity contribution >= 4 is 6.41 Å². The van der Waals surface area contributed by atoms with Crippen LogP contribution >= 0.6 is 0 Å². The maximum atomic E-state index is 10.4. The number of carbonyl (C=O) groups excluding carboxylic acids is 1. The Morgan fingerprint density at radius 1 is 0.944 bits per heavy atom. The Morgan fingerprint density at radius 2 is 1.61 bits per heavy atom. The zero-order valence-corrected chi connectivity index (χ0v) is 23.7. The van der Waals surface area contributed by atoms with Crippen molar-refractivity contribution in [2.75, 3.05) is 33.7 Å². The Labute approximate surface area is 221 Å². The van der Waals surface area contributed by atoms with Crippen LogP contribution in [0.15, 0.2) is 48.5 Å². The Bertz CT molecular complexity index is 811. The van der Waals surface area contributed by atoms with Crippen molar-refractivity contribution in [1.82, 2.24) is 9.80 Å². The van der Waals surface area contributed by atoms with Gasteiger partial charge >= 0.3 is 0 Å². The van der Waals surface area contributed by atoms with E-state index in [-0.39, 0.29) is 6.10 Å². The summed E-state index contributed by atoms with van der Waals surface area (Å²) in [6.07, 6.45) is 12.4. The lowest BCUT2D eigenvalue weighted by molar-refractivity contribution is -0.117. The molecule has 4 heteroatoms. The number of nitrogens with zero attached hydrogens (tertiary/aromatic N) is 2. The number of carbonyl (C=O) groups is 1. The van der Waals surface area contributed by atoms with Crippen molar-refractivity contribution in [1.29, 1.82) is 0 Å². The standard InChI is InChI=1S/C21H29NO.C6H14.C5H9NO/c1-17-9-4-5-11-19(17)15-18-10-8-12-20(16-18)21(23)13-6-7-14-22(2)3;1-3-5-6-4-2;7-5-6-3-1-2-4-6/h4-5,8-12,16,21,23H,6-7,13-15H2,1-3H3;3-6H2,1-2H3;5H,1-4H2. The van der Waals surface area contributed by atoms with E-state index < -0.39 is 0 Å². The van der Waals surface area contributed by atoms with Crippen LogP contribution in [-0.4, -0.2) is 55.0 Å². The summed E-state index contributed by atoms with van der Waals surface area (Å²) in [6.45, 7) is 9.65. The van der Waals surface area contributed by atoms with E-state index in [4.69, 9.17) is 0 Å². The SMILES string of the molecule is CCCCCC.Cc1ccccc1Cc1cccc(C(O)CCCCN(C)C)c1.O=CN1CCCC1. The molecule has 1 amide bonds. The summed E-state index contributed by atoms with van der Waals surface area (Å²) >= 11 is 0. The lowest BCUT2D eigenvalue weighted by Gasteiger charge is -2.14. The van der Waals surface area contributed by atoms with Gasteiger partial charge in [-0.05, 0) is 88.3 Å². The van der Waals surface area contributed by atoms with Crippen molar-refractivity contribution < 1.29 is 9.90 Å². The van der Waals surface area contributed by atoms with Gasteiger partial charge in [-0.2, -0.15) is 0 Å². The number of likely N-dealkylation sites (tertiary alicyclic amines) is 1. The average molecular weight is 497 g/mol. The largest absolute Gasteiger partial charge is 0.388 e. The monoisotopic (exact) mass is 496 g/mol. The van der Waals surface area contributed by atoms with Gasteiger partial charge in [-0.1, -0.05) is 88.1 Å². The number of hydrogen-bond acceptors (Lipinski definition) is 3. The van der Waals surface area contributed by atoms with Crippen molar-refractivity contribution in [2.24, 2.45) is 0 Å². The molecule has 1 aliphatic rings. The molecule has 1 heterocycles. The van der Waals surface area contributed by atoms with Crippen LogP contribution in [0.1, 0.15) is 100.0 Å². The van der Waals surface area contributed by atoms with Gasteiger partial charge in [-0.3, -0.25) is 4.79 Å². The molecule has 1 unspecified atom stereocenters. The number of unbranched alkanes of at least 4 members (excludes halogenated alkanes) is 4. The smallest absolute Gasteiger partial charge is 0.209 e. The minimum atomic E-state index is -0.353. The van der Waals surface area contributed by atoms with Gasteiger partial charge in [0.25, 0.3) is 0 Å². The molecule has 0 bridgehead atoms. The third kappa shape index (κ3) is 14.4. The fourth-order valence-corrected chi connectivity index (χ4v) is 4.22. The van der Waals surface area contributed by atoms with Gasteiger partial charge in [0.05, 0.1) is 6.10 Å². The first-order valence-electron chi connectivity index (χ1n) is 14.1. The van der Waals surface area contributed by atoms with Crippen LogP contribution in [0.4, 0.5) is 0 Å². The zero-order chi connectivity index (χ0) is 26.6. The Balaban J connectivity index is 0.000000406. The molecule has 1 saturated heterocycles. The van der Waals surface area contributed by atoms with Crippen molar-refractivity contribution in [2.45, 2.75) is 91.1 Å². The summed E-state index contributed by atoms with van der Waals surface area (Å²) in [7, 11) is 4.18. The number of rotatable bonds is 12. The van der Waals surface area contributed by atoms with E-state index in [2.05, 4.69) is 82.2 Å². The molecule has 2 aromatic carbocycles. The third-order valence-corrected chi connectivity index (χ3v) is 6.57. The fourth-order valence-electron chi connectivity index (χ4n) is 4.22. The number of aryl methyl sites for hydroxylation is 1. The highest BCUT2D eigenvalue weighted by molar-refractivity contribution is 5.47. The molecule has 2 aromatic rings. The van der Waals surface area contributed by atoms with E-state index in [9.17, 15) is 9.90 Å². The van der Waals surface area contributed by atoms with E-state index >= 15 is 0 Å². The summed E-state index contributed by atoms with van der Waals surface area (Å²) in [6, 6.07) is 16.9. The number of aliphatic hydroxyl groups is 1. The Hall–Kier alpha value is -2.17. The molecule has 1 fully saturated rings. The van der Waals surface area contributed by atoms with Gasteiger partial charge in [-0.15, -0.1) is 0 Å². The van der Waals surface area contributed by atoms with Crippen LogP contribution in [0.3, 0.4) is 0 Å². The lowest BCUT2D eigenvalue weighted by Crippen LogP contribution is -2.15. The van der Waals surface area contributed by atoms with Crippen molar-refractivity contribution in [3.63, 3.8) is 0 Å². The second kappa shape index (κ2) is 20.0. The fraction of sp³-hybridized carbons (Fsp3) is 0.594. The van der Waals surface area contributed by atoms with Crippen LogP contribution in [-0.2, 0) is 11.2 Å². The maximum absolute atomic E-state index is 10.4. The summed E-state index contributed by atoms with van der Waals surface area (Å²) in [5.74, 6) is 0. The molecule has 0 spiro atoms. The maximum Gasteiger partial charge on any atom is 0.209 e. The van der Waals surface area contributed by atoms with Crippen LogP contribution in [0.25, 0.3) is 0 Å². The van der Waals surface area contributed by atoms with Crippen LogP contribution in [0, 0.1) is 6.92 Å². The molecular weight excluding hydrogens is 444 g/mol.